The normalized spacial score (nSPS) is 18.6. The molecule has 0 radical (unpaired) electrons. The lowest BCUT2D eigenvalue weighted by Gasteiger charge is -2.29. The largest absolute Gasteiger partial charge is 0.206 e. The molecular formula is C31H37F. The second-order valence-electron chi connectivity index (χ2n) is 9.58. The summed E-state index contributed by atoms with van der Waals surface area (Å²) in [6.07, 6.45) is 11.9. The van der Waals surface area contributed by atoms with E-state index in [4.69, 9.17) is 0 Å². The molecule has 0 heterocycles. The topological polar surface area (TPSA) is 0 Å². The van der Waals surface area contributed by atoms with Gasteiger partial charge in [0, 0.05) is 5.56 Å². The molecule has 1 heteroatoms. The highest BCUT2D eigenvalue weighted by Gasteiger charge is 2.22. The van der Waals surface area contributed by atoms with Gasteiger partial charge in [-0.3, -0.25) is 0 Å². The first-order valence-corrected chi connectivity index (χ1v) is 12.7. The molecule has 0 unspecified atom stereocenters. The van der Waals surface area contributed by atoms with Gasteiger partial charge < -0.3 is 0 Å². The van der Waals surface area contributed by atoms with Crippen LogP contribution in [0.5, 0.6) is 0 Å². The van der Waals surface area contributed by atoms with Gasteiger partial charge in [-0.2, -0.15) is 0 Å². The van der Waals surface area contributed by atoms with Gasteiger partial charge in [0.25, 0.3) is 0 Å². The number of unbranched alkanes of at least 4 members (excludes halogenated alkanes) is 2. The summed E-state index contributed by atoms with van der Waals surface area (Å²) in [6, 6.07) is 22.7. The first-order chi connectivity index (χ1) is 15.7. The van der Waals surface area contributed by atoms with Gasteiger partial charge in [-0.05, 0) is 77.8 Å². The second kappa shape index (κ2) is 10.9. The van der Waals surface area contributed by atoms with E-state index in [1.54, 1.807) is 6.07 Å². The molecule has 0 N–H and O–H groups in total. The van der Waals surface area contributed by atoms with E-state index in [1.165, 1.54) is 62.5 Å². The molecule has 1 aliphatic carbocycles. The molecule has 0 spiro atoms. The minimum atomic E-state index is -0.155. The maximum absolute atomic E-state index is 14.9. The lowest BCUT2D eigenvalue weighted by atomic mass is 9.77. The van der Waals surface area contributed by atoms with Gasteiger partial charge in [0.1, 0.15) is 5.82 Å². The molecule has 0 aliphatic heterocycles. The SMILES string of the molecule is CCCCCC1CCC(c2ccc(-c3ccc(-c4ccc(CC)cc4)c(F)c3)cc2)CC1. The van der Waals surface area contributed by atoms with Crippen molar-refractivity contribution in [2.24, 2.45) is 5.92 Å². The van der Waals surface area contributed by atoms with Crippen LogP contribution in [-0.4, -0.2) is 0 Å². The van der Waals surface area contributed by atoms with Crippen LogP contribution in [0.2, 0.25) is 0 Å². The van der Waals surface area contributed by atoms with E-state index >= 15 is 0 Å². The Morgan fingerprint density at radius 1 is 0.719 bits per heavy atom. The first kappa shape index (κ1) is 22.8. The van der Waals surface area contributed by atoms with E-state index in [0.717, 1.165) is 29.0 Å². The Labute approximate surface area is 193 Å². The lowest BCUT2D eigenvalue weighted by Crippen LogP contribution is -2.13. The lowest BCUT2D eigenvalue weighted by molar-refractivity contribution is 0.303. The Kier molecular flexibility index (Phi) is 7.79. The van der Waals surface area contributed by atoms with Gasteiger partial charge in [-0.25, -0.2) is 4.39 Å². The summed E-state index contributed by atoms with van der Waals surface area (Å²) in [5.41, 5.74) is 6.37. The molecule has 3 aromatic rings. The van der Waals surface area contributed by atoms with E-state index in [1.807, 2.05) is 24.3 Å². The quantitative estimate of drug-likeness (QED) is 0.313. The fourth-order valence-electron chi connectivity index (χ4n) is 5.26. The first-order valence-electron chi connectivity index (χ1n) is 12.7. The average Bonchev–Trinajstić information content (AvgIpc) is 2.85. The zero-order valence-corrected chi connectivity index (χ0v) is 19.7. The second-order valence-corrected chi connectivity index (χ2v) is 9.58. The third-order valence-electron chi connectivity index (χ3n) is 7.42. The van der Waals surface area contributed by atoms with E-state index in [0.29, 0.717) is 11.5 Å². The Morgan fingerprint density at radius 3 is 2.00 bits per heavy atom. The maximum atomic E-state index is 14.9. The molecule has 0 bridgehead atoms. The summed E-state index contributed by atoms with van der Waals surface area (Å²) in [6.45, 7) is 4.42. The van der Waals surface area contributed by atoms with Gasteiger partial charge in [0.15, 0.2) is 0 Å². The van der Waals surface area contributed by atoms with Crippen LogP contribution in [0.3, 0.4) is 0 Å². The minimum absolute atomic E-state index is 0.155. The number of aryl methyl sites for hydroxylation is 1. The van der Waals surface area contributed by atoms with Crippen molar-refractivity contribution in [3.8, 4) is 22.3 Å². The Balaban J connectivity index is 1.40. The predicted octanol–water partition coefficient (Wildman–Crippen LogP) is 9.58. The molecule has 1 aliphatic rings. The van der Waals surface area contributed by atoms with E-state index < -0.39 is 0 Å². The van der Waals surface area contributed by atoms with Crippen molar-refractivity contribution in [1.82, 2.24) is 0 Å². The number of benzene rings is 3. The van der Waals surface area contributed by atoms with E-state index in [-0.39, 0.29) is 5.82 Å². The van der Waals surface area contributed by atoms with Crippen LogP contribution in [0.25, 0.3) is 22.3 Å². The minimum Gasteiger partial charge on any atom is -0.206 e. The highest BCUT2D eigenvalue weighted by molar-refractivity contribution is 5.71. The summed E-state index contributed by atoms with van der Waals surface area (Å²) < 4.78 is 14.9. The molecule has 1 fully saturated rings. The molecule has 168 valence electrons. The molecule has 32 heavy (non-hydrogen) atoms. The molecular weight excluding hydrogens is 391 g/mol. The van der Waals surface area contributed by atoms with Crippen LogP contribution in [-0.2, 0) is 6.42 Å². The fraction of sp³-hybridized carbons (Fsp3) is 0.419. The zero-order valence-electron chi connectivity index (χ0n) is 19.7. The molecule has 0 amide bonds. The number of rotatable bonds is 8. The molecule has 0 nitrogen and oxygen atoms in total. The van der Waals surface area contributed by atoms with E-state index in [9.17, 15) is 4.39 Å². The molecule has 4 rings (SSSR count). The van der Waals surface area contributed by atoms with Gasteiger partial charge in [-0.15, -0.1) is 0 Å². The summed E-state index contributed by atoms with van der Waals surface area (Å²) in [7, 11) is 0. The van der Waals surface area contributed by atoms with Gasteiger partial charge in [0.05, 0.1) is 0 Å². The monoisotopic (exact) mass is 428 g/mol. The summed E-state index contributed by atoms with van der Waals surface area (Å²) in [5.74, 6) is 1.48. The highest BCUT2D eigenvalue weighted by Crippen LogP contribution is 2.38. The highest BCUT2D eigenvalue weighted by atomic mass is 19.1. The van der Waals surface area contributed by atoms with Crippen LogP contribution < -0.4 is 0 Å². The number of hydrogen-bond donors (Lipinski definition) is 0. The van der Waals surface area contributed by atoms with Gasteiger partial charge >= 0.3 is 0 Å². The van der Waals surface area contributed by atoms with Crippen LogP contribution in [0, 0.1) is 11.7 Å². The summed E-state index contributed by atoms with van der Waals surface area (Å²) >= 11 is 0. The molecule has 0 saturated heterocycles. The third kappa shape index (κ3) is 5.49. The molecule has 3 aromatic carbocycles. The molecule has 0 aromatic heterocycles. The van der Waals surface area contributed by atoms with Crippen molar-refractivity contribution in [3.05, 3.63) is 83.7 Å². The summed E-state index contributed by atoms with van der Waals surface area (Å²) in [5, 5.41) is 0. The van der Waals surface area contributed by atoms with Crippen LogP contribution in [0.1, 0.15) is 82.3 Å². The van der Waals surface area contributed by atoms with Crippen molar-refractivity contribution < 1.29 is 4.39 Å². The van der Waals surface area contributed by atoms with Crippen molar-refractivity contribution in [1.29, 1.82) is 0 Å². The van der Waals surface area contributed by atoms with Crippen LogP contribution in [0.4, 0.5) is 4.39 Å². The maximum Gasteiger partial charge on any atom is 0.131 e. The van der Waals surface area contributed by atoms with Gasteiger partial charge in [0.2, 0.25) is 0 Å². The van der Waals surface area contributed by atoms with Crippen molar-refractivity contribution >= 4 is 0 Å². The third-order valence-corrected chi connectivity index (χ3v) is 7.42. The number of halogens is 1. The standard InChI is InChI=1S/C31H37F/c1-3-5-6-7-24-10-12-25(13-11-24)26-16-18-27(19-17-26)29-20-21-30(31(32)22-29)28-14-8-23(4-2)9-15-28/h8-9,14-22,24-25H,3-7,10-13H2,1-2H3. The Hall–Kier alpha value is -2.41. The zero-order chi connectivity index (χ0) is 22.3. The summed E-state index contributed by atoms with van der Waals surface area (Å²) in [4.78, 5) is 0. The fourth-order valence-corrected chi connectivity index (χ4v) is 5.26. The van der Waals surface area contributed by atoms with E-state index in [2.05, 4.69) is 50.2 Å². The van der Waals surface area contributed by atoms with Crippen molar-refractivity contribution in [2.75, 3.05) is 0 Å². The van der Waals surface area contributed by atoms with Crippen molar-refractivity contribution in [2.45, 2.75) is 77.6 Å². The van der Waals surface area contributed by atoms with Gasteiger partial charge in [-0.1, -0.05) is 100 Å². The van der Waals surface area contributed by atoms with Crippen LogP contribution in [0.15, 0.2) is 66.7 Å². The Morgan fingerprint density at radius 2 is 1.38 bits per heavy atom. The molecule has 0 atom stereocenters. The predicted molar refractivity (Wildman–Crippen MR) is 135 cm³/mol. The average molecular weight is 429 g/mol. The smallest absolute Gasteiger partial charge is 0.131 e. The molecule has 1 saturated carbocycles. The number of hydrogen-bond acceptors (Lipinski definition) is 0. The van der Waals surface area contributed by atoms with Crippen LogP contribution >= 0.6 is 0 Å². The van der Waals surface area contributed by atoms with Crippen molar-refractivity contribution in [3.63, 3.8) is 0 Å². The Bertz CT molecular complexity index is 976.